The molecule has 2 heterocycles. The molecule has 4 nitrogen and oxygen atoms in total. The lowest BCUT2D eigenvalue weighted by Gasteiger charge is -2.11. The van der Waals surface area contributed by atoms with Crippen LogP contribution in [0.4, 0.5) is 11.4 Å². The third-order valence-electron chi connectivity index (χ3n) is 3.68. The van der Waals surface area contributed by atoms with Crippen molar-refractivity contribution in [1.82, 2.24) is 0 Å². The van der Waals surface area contributed by atoms with Gasteiger partial charge in [-0.2, -0.15) is 0 Å². The van der Waals surface area contributed by atoms with Gasteiger partial charge in [0, 0.05) is 4.88 Å². The van der Waals surface area contributed by atoms with E-state index in [0.29, 0.717) is 17.1 Å². The summed E-state index contributed by atoms with van der Waals surface area (Å²) in [6.07, 6.45) is 0. The number of nitrogens with two attached hydrogens (primary N) is 1. The van der Waals surface area contributed by atoms with Gasteiger partial charge in [-0.15, -0.1) is 11.3 Å². The molecule has 0 aliphatic heterocycles. The normalized spacial score (nSPS) is 11.5. The molecule has 0 radical (unpaired) electrons. The number of furan rings is 1. The van der Waals surface area contributed by atoms with Crippen LogP contribution in [0.5, 0.6) is 0 Å². The van der Waals surface area contributed by atoms with Gasteiger partial charge in [0.05, 0.1) is 16.8 Å². The molecule has 1 amide bonds. The molecule has 3 N–H and O–H groups in total. The summed E-state index contributed by atoms with van der Waals surface area (Å²) < 4.78 is 5.74. The van der Waals surface area contributed by atoms with Gasteiger partial charge in [-0.3, -0.25) is 4.79 Å². The number of carbonyl (C=O) groups is 1. The SMILES string of the molecule is C[Si](C)(C)c1ccc(C(=O)Nc2cc(-c3cccs3)ccc2N)o1. The van der Waals surface area contributed by atoms with Gasteiger partial charge in [0.25, 0.3) is 5.91 Å². The highest BCUT2D eigenvalue weighted by atomic mass is 32.1. The van der Waals surface area contributed by atoms with E-state index < -0.39 is 8.07 Å². The second-order valence-corrected chi connectivity index (χ2v) is 12.6. The van der Waals surface area contributed by atoms with Gasteiger partial charge >= 0.3 is 0 Å². The lowest BCUT2D eigenvalue weighted by molar-refractivity contribution is 0.0998. The predicted molar refractivity (Wildman–Crippen MR) is 104 cm³/mol. The first-order chi connectivity index (χ1) is 11.3. The molecular weight excluding hydrogens is 336 g/mol. The topological polar surface area (TPSA) is 68.3 Å². The highest BCUT2D eigenvalue weighted by Crippen LogP contribution is 2.30. The van der Waals surface area contributed by atoms with Gasteiger partial charge in [0.15, 0.2) is 5.76 Å². The number of nitrogen functional groups attached to an aromatic ring is 1. The fourth-order valence-electron chi connectivity index (χ4n) is 2.31. The summed E-state index contributed by atoms with van der Waals surface area (Å²) in [5.74, 6) is 0.0304. The van der Waals surface area contributed by atoms with Crippen molar-refractivity contribution in [3.05, 3.63) is 53.6 Å². The van der Waals surface area contributed by atoms with Crippen molar-refractivity contribution in [3.63, 3.8) is 0 Å². The van der Waals surface area contributed by atoms with Gasteiger partial charge in [0.1, 0.15) is 8.07 Å². The molecule has 6 heteroatoms. The van der Waals surface area contributed by atoms with Crippen LogP contribution in [0.25, 0.3) is 10.4 Å². The van der Waals surface area contributed by atoms with E-state index >= 15 is 0 Å². The Kier molecular flexibility index (Phi) is 4.34. The molecular formula is C18H20N2O2SSi. The first-order valence-corrected chi connectivity index (χ1v) is 12.1. The van der Waals surface area contributed by atoms with E-state index in [1.54, 1.807) is 23.5 Å². The number of anilines is 2. The molecule has 0 fully saturated rings. The summed E-state index contributed by atoms with van der Waals surface area (Å²) in [4.78, 5) is 13.6. The first kappa shape index (κ1) is 16.5. The fourth-order valence-corrected chi connectivity index (χ4v) is 4.03. The number of hydrogen-bond acceptors (Lipinski definition) is 4. The molecule has 24 heavy (non-hydrogen) atoms. The standard InChI is InChI=1S/C18H20N2O2SSi/c1-24(2,3)17-9-8-15(22-17)18(21)20-14-11-12(6-7-13(14)19)16-5-4-10-23-16/h4-11H,19H2,1-3H3,(H,20,21). The quantitative estimate of drug-likeness (QED) is 0.538. The number of nitrogens with one attached hydrogen (secondary N) is 1. The average molecular weight is 357 g/mol. The molecule has 124 valence electrons. The molecule has 0 bridgehead atoms. The zero-order chi connectivity index (χ0) is 17.3. The third kappa shape index (κ3) is 3.44. The summed E-state index contributed by atoms with van der Waals surface area (Å²) in [5.41, 5.74) is 8.16. The number of carbonyl (C=O) groups excluding carboxylic acids is 1. The molecule has 0 aliphatic carbocycles. The maximum Gasteiger partial charge on any atom is 0.291 e. The van der Waals surface area contributed by atoms with Crippen molar-refractivity contribution in [2.75, 3.05) is 11.1 Å². The molecule has 3 rings (SSSR count). The van der Waals surface area contributed by atoms with Crippen molar-refractivity contribution >= 4 is 42.1 Å². The van der Waals surface area contributed by atoms with Crippen molar-refractivity contribution in [3.8, 4) is 10.4 Å². The van der Waals surface area contributed by atoms with Gasteiger partial charge in [0.2, 0.25) is 0 Å². The van der Waals surface area contributed by atoms with Crippen molar-refractivity contribution < 1.29 is 9.21 Å². The smallest absolute Gasteiger partial charge is 0.291 e. The van der Waals surface area contributed by atoms with Crippen LogP contribution in [-0.4, -0.2) is 14.0 Å². The molecule has 0 aliphatic rings. The zero-order valence-electron chi connectivity index (χ0n) is 13.9. The summed E-state index contributed by atoms with van der Waals surface area (Å²) in [7, 11) is -1.58. The van der Waals surface area contributed by atoms with E-state index in [-0.39, 0.29) is 5.91 Å². The van der Waals surface area contributed by atoms with E-state index in [1.807, 2.05) is 35.7 Å². The largest absolute Gasteiger partial charge is 0.461 e. The molecule has 0 saturated heterocycles. The number of rotatable bonds is 4. The summed E-state index contributed by atoms with van der Waals surface area (Å²) >= 11 is 1.64. The number of thiophene rings is 1. The molecule has 0 saturated carbocycles. The Morgan fingerprint density at radius 2 is 1.96 bits per heavy atom. The van der Waals surface area contributed by atoms with E-state index in [2.05, 4.69) is 25.0 Å². The van der Waals surface area contributed by atoms with Crippen LogP contribution in [0.2, 0.25) is 19.6 Å². The zero-order valence-corrected chi connectivity index (χ0v) is 15.7. The summed E-state index contributed by atoms with van der Waals surface area (Å²) in [6, 6.07) is 13.3. The van der Waals surface area contributed by atoms with Crippen molar-refractivity contribution in [2.24, 2.45) is 0 Å². The Bertz CT molecular complexity index is 864. The molecule has 0 unspecified atom stereocenters. The van der Waals surface area contributed by atoms with E-state index in [0.717, 1.165) is 15.8 Å². The lowest BCUT2D eigenvalue weighted by Crippen LogP contribution is -2.36. The Morgan fingerprint density at radius 1 is 1.17 bits per heavy atom. The van der Waals surface area contributed by atoms with Crippen LogP contribution in [0.15, 0.2) is 52.3 Å². The number of amides is 1. The lowest BCUT2D eigenvalue weighted by atomic mass is 10.1. The maximum atomic E-state index is 12.5. The number of benzene rings is 1. The Labute approximate surface area is 146 Å². The van der Waals surface area contributed by atoms with Crippen LogP contribution >= 0.6 is 11.3 Å². The monoisotopic (exact) mass is 356 g/mol. The second kappa shape index (κ2) is 6.30. The Hall–Kier alpha value is -2.31. The average Bonchev–Trinajstić information content (AvgIpc) is 3.20. The van der Waals surface area contributed by atoms with Gasteiger partial charge < -0.3 is 15.5 Å². The third-order valence-corrected chi connectivity index (χ3v) is 6.34. The highest BCUT2D eigenvalue weighted by Gasteiger charge is 2.23. The molecule has 0 spiro atoms. The molecule has 0 atom stereocenters. The summed E-state index contributed by atoms with van der Waals surface area (Å²) in [6.45, 7) is 6.53. The van der Waals surface area contributed by atoms with Crippen LogP contribution in [0.3, 0.4) is 0 Å². The first-order valence-electron chi connectivity index (χ1n) is 7.69. The van der Waals surface area contributed by atoms with Gasteiger partial charge in [-0.1, -0.05) is 31.8 Å². The van der Waals surface area contributed by atoms with Crippen molar-refractivity contribution in [2.45, 2.75) is 19.6 Å². The second-order valence-electron chi connectivity index (χ2n) is 6.65. The van der Waals surface area contributed by atoms with Gasteiger partial charge in [-0.25, -0.2) is 0 Å². The van der Waals surface area contributed by atoms with Gasteiger partial charge in [-0.05, 0) is 41.3 Å². The van der Waals surface area contributed by atoms with E-state index in [1.165, 1.54) is 0 Å². The Balaban J connectivity index is 1.84. The van der Waals surface area contributed by atoms with Crippen molar-refractivity contribution in [1.29, 1.82) is 0 Å². The predicted octanol–water partition coefficient (Wildman–Crippen LogP) is 4.39. The van der Waals surface area contributed by atoms with E-state index in [9.17, 15) is 4.79 Å². The minimum absolute atomic E-state index is 0.283. The molecule has 1 aromatic carbocycles. The number of hydrogen-bond donors (Lipinski definition) is 2. The summed E-state index contributed by atoms with van der Waals surface area (Å²) in [5, 5.41) is 5.78. The highest BCUT2D eigenvalue weighted by molar-refractivity contribution is 7.13. The Morgan fingerprint density at radius 3 is 2.58 bits per heavy atom. The molecule has 3 aromatic rings. The maximum absolute atomic E-state index is 12.5. The van der Waals surface area contributed by atoms with Crippen LogP contribution < -0.4 is 16.4 Å². The van der Waals surface area contributed by atoms with Crippen LogP contribution in [0, 0.1) is 0 Å². The molecule has 2 aromatic heterocycles. The minimum Gasteiger partial charge on any atom is -0.461 e. The van der Waals surface area contributed by atoms with Crippen LogP contribution in [0.1, 0.15) is 10.6 Å². The van der Waals surface area contributed by atoms with E-state index in [4.69, 9.17) is 10.2 Å². The minimum atomic E-state index is -1.58. The fraction of sp³-hybridized carbons (Fsp3) is 0.167. The van der Waals surface area contributed by atoms with Crippen LogP contribution in [-0.2, 0) is 0 Å².